The number of rotatable bonds is 10. The number of hydrogen-bond acceptors (Lipinski definition) is 7. The van der Waals surface area contributed by atoms with E-state index in [1.807, 2.05) is 24.3 Å². The lowest BCUT2D eigenvalue weighted by atomic mass is 10.2. The summed E-state index contributed by atoms with van der Waals surface area (Å²) in [7, 11) is 3.14. The lowest BCUT2D eigenvalue weighted by molar-refractivity contribution is -0.121. The van der Waals surface area contributed by atoms with Gasteiger partial charge in [0.15, 0.2) is 0 Å². The molecule has 30 heavy (non-hydrogen) atoms. The molecule has 0 aliphatic rings. The van der Waals surface area contributed by atoms with Gasteiger partial charge in [-0.15, -0.1) is 11.8 Å². The maximum Gasteiger partial charge on any atom is 0.246 e. The molecule has 3 aromatic rings. The van der Waals surface area contributed by atoms with Gasteiger partial charge in [-0.25, -0.2) is 0 Å². The fourth-order valence-corrected chi connectivity index (χ4v) is 3.61. The molecule has 0 fully saturated rings. The van der Waals surface area contributed by atoms with Crippen molar-refractivity contribution in [1.29, 1.82) is 0 Å². The van der Waals surface area contributed by atoms with Crippen molar-refractivity contribution in [3.63, 3.8) is 0 Å². The van der Waals surface area contributed by atoms with Gasteiger partial charge in [-0.05, 0) is 48.6 Å². The molecule has 1 heterocycles. The van der Waals surface area contributed by atoms with Crippen molar-refractivity contribution in [2.24, 2.45) is 0 Å². The minimum atomic E-state index is -0.0616. The second-order valence-electron chi connectivity index (χ2n) is 6.26. The molecule has 1 N–H and O–H groups in total. The number of carbonyl (C=O) groups excluding carboxylic acids is 1. The first-order chi connectivity index (χ1) is 14.6. The van der Waals surface area contributed by atoms with Gasteiger partial charge < -0.3 is 19.3 Å². The Bertz CT molecular complexity index is 979. The van der Waals surface area contributed by atoms with Crippen LogP contribution in [-0.2, 0) is 11.3 Å². The van der Waals surface area contributed by atoms with E-state index in [9.17, 15) is 4.79 Å². The molecule has 2 aromatic carbocycles. The molecule has 0 aliphatic carbocycles. The van der Waals surface area contributed by atoms with E-state index in [-0.39, 0.29) is 12.5 Å². The highest BCUT2D eigenvalue weighted by atomic mass is 35.5. The third-order valence-corrected chi connectivity index (χ3v) is 5.54. The molecule has 0 unspecified atom stereocenters. The average molecular weight is 448 g/mol. The first-order valence-corrected chi connectivity index (χ1v) is 10.7. The van der Waals surface area contributed by atoms with Gasteiger partial charge in [-0.2, -0.15) is 4.98 Å². The Hall–Kier alpha value is -2.71. The van der Waals surface area contributed by atoms with E-state index in [1.165, 1.54) is 0 Å². The topological polar surface area (TPSA) is 86.5 Å². The lowest BCUT2D eigenvalue weighted by Crippen LogP contribution is -2.22. The molecule has 0 saturated heterocycles. The van der Waals surface area contributed by atoms with Crippen molar-refractivity contribution in [2.45, 2.75) is 24.3 Å². The van der Waals surface area contributed by atoms with Gasteiger partial charge >= 0.3 is 0 Å². The van der Waals surface area contributed by atoms with Crippen LogP contribution >= 0.6 is 23.4 Å². The number of aromatic nitrogens is 2. The highest BCUT2D eigenvalue weighted by Gasteiger charge is 2.15. The second-order valence-corrected chi connectivity index (χ2v) is 7.87. The van der Waals surface area contributed by atoms with Crippen molar-refractivity contribution in [3.05, 3.63) is 53.4 Å². The smallest absolute Gasteiger partial charge is 0.246 e. The van der Waals surface area contributed by atoms with E-state index in [0.717, 1.165) is 17.1 Å². The monoisotopic (exact) mass is 447 g/mol. The first-order valence-electron chi connectivity index (χ1n) is 9.29. The molecule has 0 spiro atoms. The number of carbonyl (C=O) groups is 1. The highest BCUT2D eigenvalue weighted by Crippen LogP contribution is 2.31. The molecular formula is C21H22ClN3O4S. The second kappa shape index (κ2) is 10.9. The maximum absolute atomic E-state index is 12.1. The van der Waals surface area contributed by atoms with Gasteiger partial charge in [0, 0.05) is 22.4 Å². The summed E-state index contributed by atoms with van der Waals surface area (Å²) in [5.41, 5.74) is 0.679. The summed E-state index contributed by atoms with van der Waals surface area (Å²) in [5.74, 6) is 2.74. The number of methoxy groups -OCH3 is 2. The standard InChI is InChI=1S/C21H22ClN3O4S/c1-27-15-7-10-17(18(12-15)28-2)21-24-20(29-25-21)13-23-19(26)4-3-11-30-16-8-5-14(22)6-9-16/h5-10,12H,3-4,11,13H2,1-2H3,(H,23,26). The first kappa shape index (κ1) is 22.0. The van der Waals surface area contributed by atoms with E-state index in [2.05, 4.69) is 15.5 Å². The summed E-state index contributed by atoms with van der Waals surface area (Å²) in [6.45, 7) is 0.175. The SMILES string of the molecule is COc1ccc(-c2noc(CNC(=O)CCCSc3ccc(Cl)cc3)n2)c(OC)c1. The number of ether oxygens (including phenoxy) is 2. The number of thioether (sulfide) groups is 1. The summed E-state index contributed by atoms with van der Waals surface area (Å²) in [4.78, 5) is 17.5. The quantitative estimate of drug-likeness (QED) is 0.359. The summed E-state index contributed by atoms with van der Waals surface area (Å²) < 4.78 is 15.8. The van der Waals surface area contributed by atoms with Crippen LogP contribution < -0.4 is 14.8 Å². The van der Waals surface area contributed by atoms with Crippen LogP contribution in [-0.4, -0.2) is 36.0 Å². The Balaban J connectivity index is 1.45. The Morgan fingerprint density at radius 3 is 2.70 bits per heavy atom. The van der Waals surface area contributed by atoms with Crippen molar-refractivity contribution in [1.82, 2.24) is 15.5 Å². The van der Waals surface area contributed by atoms with Gasteiger partial charge in [0.1, 0.15) is 11.5 Å². The minimum absolute atomic E-state index is 0.0616. The molecule has 0 bridgehead atoms. The van der Waals surface area contributed by atoms with Crippen LogP contribution in [0.15, 0.2) is 51.9 Å². The molecule has 158 valence electrons. The number of benzene rings is 2. The summed E-state index contributed by atoms with van der Waals surface area (Å²) in [5, 5.41) is 7.49. The Labute approximate surface area is 184 Å². The zero-order valence-electron chi connectivity index (χ0n) is 16.7. The largest absolute Gasteiger partial charge is 0.497 e. The molecule has 0 aliphatic heterocycles. The molecule has 1 amide bonds. The number of hydrogen-bond donors (Lipinski definition) is 1. The molecule has 1 aromatic heterocycles. The van der Waals surface area contributed by atoms with Crippen LogP contribution in [0.2, 0.25) is 5.02 Å². The van der Waals surface area contributed by atoms with Gasteiger partial charge in [-0.3, -0.25) is 4.79 Å². The minimum Gasteiger partial charge on any atom is -0.497 e. The van der Waals surface area contributed by atoms with E-state index in [1.54, 1.807) is 44.2 Å². The van der Waals surface area contributed by atoms with Crippen LogP contribution in [0.25, 0.3) is 11.4 Å². The van der Waals surface area contributed by atoms with Crippen LogP contribution in [0.1, 0.15) is 18.7 Å². The van der Waals surface area contributed by atoms with E-state index in [4.69, 9.17) is 25.6 Å². The summed E-state index contributed by atoms with van der Waals surface area (Å²) in [6.07, 6.45) is 1.19. The Morgan fingerprint density at radius 2 is 1.97 bits per heavy atom. The van der Waals surface area contributed by atoms with E-state index >= 15 is 0 Å². The predicted octanol–water partition coefficient (Wildman–Crippen LogP) is 4.60. The fourth-order valence-electron chi connectivity index (χ4n) is 2.64. The van der Waals surface area contributed by atoms with Gasteiger partial charge in [0.25, 0.3) is 0 Å². The Morgan fingerprint density at radius 1 is 1.17 bits per heavy atom. The van der Waals surface area contributed by atoms with Crippen molar-refractivity contribution < 1.29 is 18.8 Å². The maximum atomic E-state index is 12.1. The zero-order valence-corrected chi connectivity index (χ0v) is 18.3. The van der Waals surface area contributed by atoms with Crippen LogP contribution in [0.4, 0.5) is 0 Å². The molecule has 9 heteroatoms. The summed E-state index contributed by atoms with van der Waals surface area (Å²) in [6, 6.07) is 13.0. The van der Waals surface area contributed by atoms with Gasteiger partial charge in [0.2, 0.25) is 17.6 Å². The molecule has 0 radical (unpaired) electrons. The number of halogens is 1. The highest BCUT2D eigenvalue weighted by molar-refractivity contribution is 7.99. The Kier molecular flexibility index (Phi) is 7.98. The molecular weight excluding hydrogens is 426 g/mol. The lowest BCUT2D eigenvalue weighted by Gasteiger charge is -2.07. The number of nitrogens with zero attached hydrogens (tertiary/aromatic N) is 2. The van der Waals surface area contributed by atoms with Gasteiger partial charge in [-0.1, -0.05) is 16.8 Å². The summed E-state index contributed by atoms with van der Waals surface area (Å²) >= 11 is 7.57. The van der Waals surface area contributed by atoms with Crippen molar-refractivity contribution >= 4 is 29.3 Å². The molecule has 0 atom stereocenters. The van der Waals surface area contributed by atoms with Crippen molar-refractivity contribution in [2.75, 3.05) is 20.0 Å². The van der Waals surface area contributed by atoms with E-state index < -0.39 is 0 Å². The van der Waals surface area contributed by atoms with Crippen LogP contribution in [0.3, 0.4) is 0 Å². The average Bonchev–Trinajstić information content (AvgIpc) is 3.25. The number of nitrogens with one attached hydrogen (secondary N) is 1. The van der Waals surface area contributed by atoms with Crippen molar-refractivity contribution in [3.8, 4) is 22.9 Å². The molecule has 3 rings (SSSR count). The number of amides is 1. The van der Waals surface area contributed by atoms with Gasteiger partial charge in [0.05, 0.1) is 26.3 Å². The fraction of sp³-hybridized carbons (Fsp3) is 0.286. The normalized spacial score (nSPS) is 10.6. The third-order valence-electron chi connectivity index (χ3n) is 4.19. The third kappa shape index (κ3) is 6.14. The predicted molar refractivity (Wildman–Crippen MR) is 116 cm³/mol. The molecule has 7 nitrogen and oxygen atoms in total. The zero-order chi connectivity index (χ0) is 21.3. The molecule has 0 saturated carbocycles. The van der Waals surface area contributed by atoms with Crippen LogP contribution in [0, 0.1) is 0 Å². The van der Waals surface area contributed by atoms with Crippen LogP contribution in [0.5, 0.6) is 11.5 Å². The van der Waals surface area contributed by atoms with E-state index in [0.29, 0.717) is 40.2 Å².